The molecule has 35 heavy (non-hydrogen) atoms. The smallest absolute Gasteiger partial charge is 0.300 e. The molecule has 1 aliphatic rings. The number of anilines is 1. The van der Waals surface area contributed by atoms with Crippen LogP contribution in [-0.2, 0) is 9.59 Å². The van der Waals surface area contributed by atoms with E-state index >= 15 is 0 Å². The van der Waals surface area contributed by atoms with Gasteiger partial charge in [0.2, 0.25) is 0 Å². The molecule has 1 fully saturated rings. The van der Waals surface area contributed by atoms with E-state index in [2.05, 4.69) is 0 Å². The number of aliphatic hydroxyl groups excluding tert-OH is 1. The van der Waals surface area contributed by atoms with Crippen molar-refractivity contribution < 1.29 is 24.2 Å². The minimum absolute atomic E-state index is 0.0697. The second-order valence-electron chi connectivity index (χ2n) is 7.93. The lowest BCUT2D eigenvalue weighted by Crippen LogP contribution is -2.30. The largest absolute Gasteiger partial charge is 0.507 e. The maximum absolute atomic E-state index is 13.3. The van der Waals surface area contributed by atoms with E-state index in [1.807, 2.05) is 26.0 Å². The number of aliphatic hydroxyl groups is 1. The number of rotatable bonds is 6. The molecule has 0 aromatic heterocycles. The summed E-state index contributed by atoms with van der Waals surface area (Å²) in [7, 11) is 1.42. The van der Waals surface area contributed by atoms with E-state index in [9.17, 15) is 14.7 Å². The fourth-order valence-electron chi connectivity index (χ4n) is 4.19. The summed E-state index contributed by atoms with van der Waals surface area (Å²) in [5.41, 5.74) is 2.13. The average Bonchev–Trinajstić information content (AvgIpc) is 3.10. The lowest BCUT2D eigenvalue weighted by atomic mass is 9.94. The van der Waals surface area contributed by atoms with Gasteiger partial charge in [0.25, 0.3) is 11.7 Å². The number of amides is 1. The molecule has 1 saturated heterocycles. The molecule has 1 aliphatic heterocycles. The van der Waals surface area contributed by atoms with Crippen molar-refractivity contribution in [1.82, 2.24) is 0 Å². The Morgan fingerprint density at radius 2 is 1.66 bits per heavy atom. The van der Waals surface area contributed by atoms with E-state index in [4.69, 9.17) is 32.7 Å². The normalized spacial score (nSPS) is 17.1. The van der Waals surface area contributed by atoms with Crippen LogP contribution in [-0.4, -0.2) is 30.5 Å². The molecule has 1 N–H and O–H groups in total. The maximum Gasteiger partial charge on any atom is 0.300 e. The summed E-state index contributed by atoms with van der Waals surface area (Å²) in [5, 5.41) is 11.6. The van der Waals surface area contributed by atoms with E-state index in [1.54, 1.807) is 36.4 Å². The summed E-state index contributed by atoms with van der Waals surface area (Å²) in [6.07, 6.45) is 0. The topological polar surface area (TPSA) is 76.1 Å². The Labute approximate surface area is 213 Å². The van der Waals surface area contributed by atoms with Crippen LogP contribution in [0.25, 0.3) is 5.76 Å². The minimum Gasteiger partial charge on any atom is -0.507 e. The van der Waals surface area contributed by atoms with Crippen molar-refractivity contribution in [2.75, 3.05) is 18.6 Å². The Balaban J connectivity index is 1.95. The van der Waals surface area contributed by atoms with Gasteiger partial charge in [0, 0.05) is 11.3 Å². The summed E-state index contributed by atoms with van der Waals surface area (Å²) in [4.78, 5) is 28.1. The Morgan fingerprint density at radius 1 is 1.03 bits per heavy atom. The van der Waals surface area contributed by atoms with Gasteiger partial charge in [-0.3, -0.25) is 14.5 Å². The Hall–Kier alpha value is -3.48. The number of Topliss-reactive ketones (excluding diaryl/α,β-unsaturated/α-hetero) is 1. The first kappa shape index (κ1) is 24.6. The monoisotopic (exact) mass is 511 g/mol. The van der Waals surface area contributed by atoms with Gasteiger partial charge in [0.05, 0.1) is 35.4 Å². The average molecular weight is 512 g/mol. The van der Waals surface area contributed by atoms with Crippen LogP contribution in [0, 0.1) is 6.92 Å². The van der Waals surface area contributed by atoms with E-state index in [0.29, 0.717) is 23.6 Å². The first-order chi connectivity index (χ1) is 16.8. The number of hydrogen-bond donors (Lipinski definition) is 1. The van der Waals surface area contributed by atoms with Gasteiger partial charge in [0.15, 0.2) is 5.75 Å². The number of halogens is 2. The quantitative estimate of drug-likeness (QED) is 0.237. The number of nitrogens with zero attached hydrogens (tertiary/aromatic N) is 1. The Bertz CT molecular complexity index is 1310. The molecular formula is C27H23Cl2NO5. The molecule has 0 bridgehead atoms. The third-order valence-corrected chi connectivity index (χ3v) is 6.36. The predicted molar refractivity (Wildman–Crippen MR) is 137 cm³/mol. The Morgan fingerprint density at radius 3 is 2.23 bits per heavy atom. The molecule has 1 atom stereocenters. The fraction of sp³-hybridized carbons (Fsp3) is 0.185. The standard InChI is InChI=1S/C27H23Cl2NO5/c1-4-35-18-11-9-16(10-12-18)23-22(24(31)17-13-19(28)26(34-3)20(29)14-17)25(32)27(33)30(23)21-8-6-5-7-15(21)2/h5-14,23,31H,4H2,1-3H3/b24-22+. The molecule has 3 aromatic rings. The van der Waals surface area contributed by atoms with Crippen LogP contribution in [0.4, 0.5) is 5.69 Å². The number of carbonyl (C=O) groups is 2. The third kappa shape index (κ3) is 4.47. The number of aryl methyl sites for hydroxylation is 1. The molecule has 0 saturated carbocycles. The molecule has 6 nitrogen and oxygen atoms in total. The van der Waals surface area contributed by atoms with E-state index in [-0.39, 0.29) is 32.7 Å². The molecule has 8 heteroatoms. The maximum atomic E-state index is 13.3. The van der Waals surface area contributed by atoms with E-state index < -0.39 is 17.7 Å². The number of benzene rings is 3. The van der Waals surface area contributed by atoms with Crippen molar-refractivity contribution in [2.24, 2.45) is 0 Å². The van der Waals surface area contributed by atoms with Crippen LogP contribution < -0.4 is 14.4 Å². The molecule has 1 amide bonds. The van der Waals surface area contributed by atoms with Gasteiger partial charge in [-0.1, -0.05) is 53.5 Å². The van der Waals surface area contributed by atoms with Crippen molar-refractivity contribution in [1.29, 1.82) is 0 Å². The molecule has 0 radical (unpaired) electrons. The van der Waals surface area contributed by atoms with Crippen LogP contribution in [0.15, 0.2) is 66.2 Å². The lowest BCUT2D eigenvalue weighted by Gasteiger charge is -2.27. The van der Waals surface area contributed by atoms with Gasteiger partial charge in [-0.15, -0.1) is 0 Å². The number of hydrogen-bond acceptors (Lipinski definition) is 5. The van der Waals surface area contributed by atoms with Crippen LogP contribution in [0.1, 0.15) is 29.7 Å². The van der Waals surface area contributed by atoms with Crippen molar-refractivity contribution in [2.45, 2.75) is 19.9 Å². The van der Waals surface area contributed by atoms with Crippen molar-refractivity contribution >= 4 is 46.3 Å². The fourth-order valence-corrected chi connectivity index (χ4v) is 4.83. The zero-order valence-electron chi connectivity index (χ0n) is 19.3. The van der Waals surface area contributed by atoms with Crippen molar-refractivity contribution in [3.63, 3.8) is 0 Å². The molecule has 1 unspecified atom stereocenters. The summed E-state index contributed by atoms with van der Waals surface area (Å²) >= 11 is 12.6. The molecular weight excluding hydrogens is 489 g/mol. The first-order valence-electron chi connectivity index (χ1n) is 10.9. The van der Waals surface area contributed by atoms with Gasteiger partial charge in [0.1, 0.15) is 11.5 Å². The highest BCUT2D eigenvalue weighted by Gasteiger charge is 2.47. The Kier molecular flexibility index (Phi) is 7.05. The molecule has 1 heterocycles. The number of ketones is 1. The zero-order chi connectivity index (χ0) is 25.3. The van der Waals surface area contributed by atoms with Gasteiger partial charge in [-0.05, 0) is 55.3 Å². The minimum atomic E-state index is -0.883. The molecule has 0 spiro atoms. The summed E-state index contributed by atoms with van der Waals surface area (Å²) in [6.45, 7) is 4.24. The zero-order valence-corrected chi connectivity index (χ0v) is 20.9. The highest BCUT2D eigenvalue weighted by atomic mass is 35.5. The second kappa shape index (κ2) is 10.0. The SMILES string of the molecule is CCOc1ccc(C2/C(=C(\O)c3cc(Cl)c(OC)c(Cl)c3)C(=O)C(=O)N2c2ccccc2C)cc1. The van der Waals surface area contributed by atoms with Gasteiger partial charge in [-0.25, -0.2) is 0 Å². The van der Waals surface area contributed by atoms with Gasteiger partial charge in [-0.2, -0.15) is 0 Å². The van der Waals surface area contributed by atoms with E-state index in [1.165, 1.54) is 24.1 Å². The first-order valence-corrected chi connectivity index (χ1v) is 11.7. The van der Waals surface area contributed by atoms with Crippen LogP contribution in [0.2, 0.25) is 10.0 Å². The lowest BCUT2D eigenvalue weighted by molar-refractivity contribution is -0.132. The number of methoxy groups -OCH3 is 1. The van der Waals surface area contributed by atoms with E-state index in [0.717, 1.165) is 5.56 Å². The highest BCUT2D eigenvalue weighted by Crippen LogP contribution is 2.44. The summed E-state index contributed by atoms with van der Waals surface area (Å²) in [6, 6.07) is 16.3. The van der Waals surface area contributed by atoms with Crippen LogP contribution in [0.5, 0.6) is 11.5 Å². The van der Waals surface area contributed by atoms with Gasteiger partial charge < -0.3 is 14.6 Å². The molecule has 180 valence electrons. The number of carbonyl (C=O) groups excluding carboxylic acids is 2. The molecule has 4 rings (SSSR count). The molecule has 3 aromatic carbocycles. The van der Waals surface area contributed by atoms with Crippen molar-refractivity contribution in [3.8, 4) is 11.5 Å². The number of ether oxygens (including phenoxy) is 2. The van der Waals surface area contributed by atoms with Crippen molar-refractivity contribution in [3.05, 3.63) is 93.0 Å². The molecule has 0 aliphatic carbocycles. The predicted octanol–water partition coefficient (Wildman–Crippen LogP) is 6.34. The summed E-state index contributed by atoms with van der Waals surface area (Å²) < 4.78 is 10.7. The summed E-state index contributed by atoms with van der Waals surface area (Å²) in [5.74, 6) is -1.05. The second-order valence-corrected chi connectivity index (χ2v) is 8.75. The van der Waals surface area contributed by atoms with Crippen LogP contribution >= 0.6 is 23.2 Å². The highest BCUT2D eigenvalue weighted by molar-refractivity contribution is 6.52. The van der Waals surface area contributed by atoms with Crippen LogP contribution in [0.3, 0.4) is 0 Å². The number of para-hydroxylation sites is 1. The third-order valence-electron chi connectivity index (χ3n) is 5.80. The van der Waals surface area contributed by atoms with Gasteiger partial charge >= 0.3 is 0 Å².